The fourth-order valence-electron chi connectivity index (χ4n) is 3.97. The maximum atomic E-state index is 12.8. The zero-order chi connectivity index (χ0) is 20.5. The number of nitrogens with zero attached hydrogens (tertiary/aromatic N) is 1. The Labute approximate surface area is 169 Å². The summed E-state index contributed by atoms with van der Waals surface area (Å²) in [5.41, 5.74) is 3.99. The summed E-state index contributed by atoms with van der Waals surface area (Å²) in [5, 5.41) is 22.7. The number of aliphatic hydroxyl groups is 1. The Hall–Kier alpha value is -2.87. The fourth-order valence-corrected chi connectivity index (χ4v) is 3.97. The molecule has 2 amide bonds. The van der Waals surface area contributed by atoms with Crippen molar-refractivity contribution >= 4 is 23.2 Å². The second kappa shape index (κ2) is 7.87. The van der Waals surface area contributed by atoms with E-state index in [2.05, 4.69) is 21.1 Å². The first-order valence-corrected chi connectivity index (χ1v) is 10.0. The number of nitrogens with one attached hydrogen (secondary N) is 3. The Balaban J connectivity index is 1.61. The predicted molar refractivity (Wildman–Crippen MR) is 108 cm³/mol. The Bertz CT molecular complexity index is 913. The summed E-state index contributed by atoms with van der Waals surface area (Å²) < 4.78 is 5.28. The van der Waals surface area contributed by atoms with Crippen molar-refractivity contribution in [2.75, 3.05) is 10.6 Å². The van der Waals surface area contributed by atoms with Gasteiger partial charge in [0.05, 0.1) is 23.2 Å². The third kappa shape index (κ3) is 4.12. The number of piperidine rings is 1. The molecule has 1 aliphatic carbocycles. The molecule has 1 atom stereocenters. The van der Waals surface area contributed by atoms with E-state index in [-0.39, 0.29) is 24.0 Å². The van der Waals surface area contributed by atoms with Gasteiger partial charge in [0.15, 0.2) is 0 Å². The van der Waals surface area contributed by atoms with Gasteiger partial charge in [0, 0.05) is 18.0 Å². The van der Waals surface area contributed by atoms with E-state index >= 15 is 0 Å². The molecule has 2 heterocycles. The highest BCUT2D eigenvalue weighted by atomic mass is 16.5. The molecule has 154 valence electrons. The van der Waals surface area contributed by atoms with Crippen molar-refractivity contribution in [2.24, 2.45) is 0 Å². The smallest absolute Gasteiger partial charge is 0.247 e. The van der Waals surface area contributed by atoms with E-state index in [9.17, 15) is 14.7 Å². The van der Waals surface area contributed by atoms with Crippen molar-refractivity contribution in [2.45, 2.75) is 64.1 Å². The van der Waals surface area contributed by atoms with Gasteiger partial charge in [-0.1, -0.05) is 11.2 Å². The summed E-state index contributed by atoms with van der Waals surface area (Å²) in [5.74, 6) is 0.385. The average Bonchev–Trinajstić information content (AvgIpc) is 3.00. The number of amides is 2. The summed E-state index contributed by atoms with van der Waals surface area (Å²) in [7, 11) is 0. The van der Waals surface area contributed by atoms with Crippen LogP contribution in [0.3, 0.4) is 0 Å². The maximum Gasteiger partial charge on any atom is 0.247 e. The average molecular weight is 398 g/mol. The lowest BCUT2D eigenvalue weighted by molar-refractivity contribution is -0.128. The first-order chi connectivity index (χ1) is 13.9. The summed E-state index contributed by atoms with van der Waals surface area (Å²) in [6, 6.07) is 5.41. The Morgan fingerprint density at radius 1 is 1.28 bits per heavy atom. The number of aromatic nitrogens is 1. The second-order valence-electron chi connectivity index (χ2n) is 7.93. The van der Waals surface area contributed by atoms with E-state index in [0.29, 0.717) is 43.6 Å². The molecule has 1 aromatic heterocycles. The monoisotopic (exact) mass is 398 g/mol. The molecule has 1 saturated carbocycles. The number of aliphatic hydroxyl groups excluding tert-OH is 1. The van der Waals surface area contributed by atoms with Crippen molar-refractivity contribution < 1.29 is 19.2 Å². The van der Waals surface area contributed by atoms with Gasteiger partial charge in [0.1, 0.15) is 11.8 Å². The molecule has 1 aromatic carbocycles. The predicted octanol–water partition coefficient (Wildman–Crippen LogP) is 2.50. The number of hydrogen-bond acceptors (Lipinski definition) is 6. The van der Waals surface area contributed by atoms with Crippen LogP contribution in [0.2, 0.25) is 0 Å². The molecule has 2 fully saturated rings. The third-order valence-electron chi connectivity index (χ3n) is 5.62. The van der Waals surface area contributed by atoms with Gasteiger partial charge < -0.3 is 25.6 Å². The first-order valence-electron chi connectivity index (χ1n) is 10.0. The van der Waals surface area contributed by atoms with Gasteiger partial charge in [-0.25, -0.2) is 0 Å². The molecular formula is C21H26N4O4. The van der Waals surface area contributed by atoms with Crippen molar-refractivity contribution in [1.29, 1.82) is 0 Å². The first kappa shape index (κ1) is 19.4. The normalized spacial score (nSPS) is 23.8. The van der Waals surface area contributed by atoms with Crippen LogP contribution in [0.15, 0.2) is 22.7 Å². The highest BCUT2D eigenvalue weighted by Gasteiger charge is 2.29. The van der Waals surface area contributed by atoms with Crippen LogP contribution in [-0.2, 0) is 9.59 Å². The fraction of sp³-hybridized carbons (Fsp3) is 0.476. The number of anilines is 2. The van der Waals surface area contributed by atoms with Gasteiger partial charge in [-0.2, -0.15) is 0 Å². The van der Waals surface area contributed by atoms with Gasteiger partial charge in [0.25, 0.3) is 0 Å². The second-order valence-corrected chi connectivity index (χ2v) is 7.93. The van der Waals surface area contributed by atoms with Crippen LogP contribution in [0.25, 0.3) is 11.1 Å². The van der Waals surface area contributed by atoms with E-state index < -0.39 is 6.04 Å². The van der Waals surface area contributed by atoms with Gasteiger partial charge in [-0.3, -0.25) is 9.59 Å². The Kier molecular flexibility index (Phi) is 5.27. The van der Waals surface area contributed by atoms with E-state index in [1.54, 1.807) is 0 Å². The molecule has 8 nitrogen and oxygen atoms in total. The summed E-state index contributed by atoms with van der Waals surface area (Å²) in [6.45, 7) is 3.73. The number of aryl methyl sites for hydroxylation is 2. The molecule has 29 heavy (non-hydrogen) atoms. The highest BCUT2D eigenvalue weighted by Crippen LogP contribution is 2.35. The molecule has 4 N–H and O–H groups in total. The SMILES string of the molecule is Cc1noc(C)c1-c1ccc(N[C@H]2C[C@H](O)C2)c(NC(=O)[C@@H]2CCCC(=O)N2)c1. The van der Waals surface area contributed by atoms with Crippen molar-refractivity contribution in [1.82, 2.24) is 10.5 Å². The van der Waals surface area contributed by atoms with Crippen molar-refractivity contribution in [3.05, 3.63) is 29.7 Å². The lowest BCUT2D eigenvalue weighted by atomic mass is 9.89. The van der Waals surface area contributed by atoms with Crippen LogP contribution < -0.4 is 16.0 Å². The number of hydrogen-bond donors (Lipinski definition) is 4. The molecule has 0 spiro atoms. The largest absolute Gasteiger partial charge is 0.393 e. The van der Waals surface area contributed by atoms with Crippen LogP contribution >= 0.6 is 0 Å². The van der Waals surface area contributed by atoms with Crippen molar-refractivity contribution in [3.63, 3.8) is 0 Å². The molecular weight excluding hydrogens is 372 g/mol. The minimum Gasteiger partial charge on any atom is -0.393 e. The van der Waals surface area contributed by atoms with E-state index in [0.717, 1.165) is 22.5 Å². The topological polar surface area (TPSA) is 116 Å². The number of carbonyl (C=O) groups excluding carboxylic acids is 2. The van der Waals surface area contributed by atoms with E-state index in [1.807, 2.05) is 32.0 Å². The molecule has 0 bridgehead atoms. The number of carbonyl (C=O) groups is 2. The minimum atomic E-state index is -0.530. The Morgan fingerprint density at radius 2 is 2.07 bits per heavy atom. The van der Waals surface area contributed by atoms with E-state index in [4.69, 9.17) is 4.52 Å². The quantitative estimate of drug-likeness (QED) is 0.615. The molecule has 2 aliphatic rings. The molecule has 1 aliphatic heterocycles. The summed E-state index contributed by atoms with van der Waals surface area (Å²) in [6.07, 6.45) is 2.87. The molecule has 1 saturated heterocycles. The maximum absolute atomic E-state index is 12.8. The zero-order valence-corrected chi connectivity index (χ0v) is 16.6. The van der Waals surface area contributed by atoms with Crippen LogP contribution in [0.4, 0.5) is 11.4 Å². The lowest BCUT2D eigenvalue weighted by Crippen LogP contribution is -2.46. The van der Waals surface area contributed by atoms with Gasteiger partial charge >= 0.3 is 0 Å². The number of rotatable bonds is 5. The summed E-state index contributed by atoms with van der Waals surface area (Å²) >= 11 is 0. The van der Waals surface area contributed by atoms with Crippen LogP contribution in [-0.4, -0.2) is 40.3 Å². The van der Waals surface area contributed by atoms with Crippen LogP contribution in [0.1, 0.15) is 43.6 Å². The Morgan fingerprint density at radius 3 is 2.72 bits per heavy atom. The molecule has 4 rings (SSSR count). The van der Waals surface area contributed by atoms with Gasteiger partial charge in [0.2, 0.25) is 11.8 Å². The van der Waals surface area contributed by atoms with Crippen molar-refractivity contribution in [3.8, 4) is 11.1 Å². The van der Waals surface area contributed by atoms with Gasteiger partial charge in [-0.15, -0.1) is 0 Å². The van der Waals surface area contributed by atoms with Gasteiger partial charge in [-0.05, 0) is 57.2 Å². The van der Waals surface area contributed by atoms with E-state index in [1.165, 1.54) is 0 Å². The standard InChI is InChI=1S/C21H26N4O4/c1-11-20(12(2)29-25-11)13-6-7-16(22-14-9-15(26)10-14)18(8-13)24-21(28)17-4-3-5-19(27)23-17/h6-8,14-15,17,22,26H,3-5,9-10H2,1-2H3,(H,23,27)(H,24,28)/t14-,15-,17-/m0/s1. The lowest BCUT2D eigenvalue weighted by Gasteiger charge is -2.33. The third-order valence-corrected chi connectivity index (χ3v) is 5.62. The van der Waals surface area contributed by atoms with Crippen LogP contribution in [0, 0.1) is 13.8 Å². The minimum absolute atomic E-state index is 0.0947. The molecule has 0 radical (unpaired) electrons. The number of benzene rings is 1. The summed E-state index contributed by atoms with van der Waals surface area (Å²) in [4.78, 5) is 24.5. The highest BCUT2D eigenvalue weighted by molar-refractivity contribution is 6.00. The molecule has 0 unspecified atom stereocenters. The zero-order valence-electron chi connectivity index (χ0n) is 16.6. The van der Waals surface area contributed by atoms with Crippen LogP contribution in [0.5, 0.6) is 0 Å². The molecule has 2 aromatic rings. The molecule has 8 heteroatoms.